The first-order chi connectivity index (χ1) is 15.2. The number of fused-ring (bicyclic) bond motifs is 1. The maximum absolute atomic E-state index is 13.2. The molecule has 0 N–H and O–H groups in total. The molecule has 0 aliphatic rings. The van der Waals surface area contributed by atoms with Crippen molar-refractivity contribution >= 4 is 28.4 Å². The lowest BCUT2D eigenvalue weighted by atomic mass is 10.0. The van der Waals surface area contributed by atoms with E-state index in [1.54, 1.807) is 16.8 Å². The average Bonchev–Trinajstić information content (AvgIpc) is 3.26. The zero-order valence-corrected chi connectivity index (χ0v) is 17.7. The molecule has 31 heavy (non-hydrogen) atoms. The fourth-order valence-corrected chi connectivity index (χ4v) is 4.42. The van der Waals surface area contributed by atoms with Crippen molar-refractivity contribution in [2.24, 2.45) is 0 Å². The summed E-state index contributed by atoms with van der Waals surface area (Å²) in [6, 6.07) is 22.4. The molecule has 5 heteroatoms. The van der Waals surface area contributed by atoms with Crippen molar-refractivity contribution < 1.29 is 0 Å². The van der Waals surface area contributed by atoms with Crippen molar-refractivity contribution in [1.29, 1.82) is 0 Å². The fraction of sp³-hybridized carbons (Fsp3) is 0.0385. The van der Waals surface area contributed by atoms with Crippen LogP contribution in [0, 0.1) is 6.92 Å². The van der Waals surface area contributed by atoms with Gasteiger partial charge in [-0.25, -0.2) is 4.98 Å². The Morgan fingerprint density at radius 3 is 2.35 bits per heavy atom. The highest BCUT2D eigenvalue weighted by Gasteiger charge is 2.13. The Morgan fingerprint density at radius 1 is 0.871 bits per heavy atom. The molecule has 3 heterocycles. The second kappa shape index (κ2) is 8.13. The summed E-state index contributed by atoms with van der Waals surface area (Å²) in [6.45, 7) is 1.82. The Bertz CT molecular complexity index is 1430. The highest BCUT2D eigenvalue weighted by atomic mass is 32.1. The molecule has 0 fully saturated rings. The third-order valence-corrected chi connectivity index (χ3v) is 6.06. The first kappa shape index (κ1) is 19.2. The number of hydrogen-bond acceptors (Lipinski definition) is 4. The summed E-state index contributed by atoms with van der Waals surface area (Å²) in [4.78, 5) is 22.7. The molecule has 0 radical (unpaired) electrons. The Morgan fingerprint density at radius 2 is 1.61 bits per heavy atom. The summed E-state index contributed by atoms with van der Waals surface area (Å²) < 4.78 is 1.71. The maximum Gasteiger partial charge on any atom is 0.262 e. The van der Waals surface area contributed by atoms with E-state index in [2.05, 4.69) is 41.4 Å². The standard InChI is InChI=1S/C26H19N3OS/c1-18-23(14-9-19-6-5-15-27-16-19)28-26-29(25(18)30)24(17-31-26)22-12-10-21(11-13-22)20-7-3-2-4-8-20/h2-17H,1H3/b14-9+. The van der Waals surface area contributed by atoms with Gasteiger partial charge in [0, 0.05) is 23.3 Å². The molecule has 3 aromatic heterocycles. The molecule has 0 saturated heterocycles. The van der Waals surface area contributed by atoms with Crippen LogP contribution in [0.15, 0.2) is 89.3 Å². The molecule has 2 aromatic carbocycles. The molecule has 150 valence electrons. The number of pyridine rings is 1. The molecule has 0 spiro atoms. The molecule has 0 saturated carbocycles. The van der Waals surface area contributed by atoms with Crippen LogP contribution in [-0.2, 0) is 0 Å². The molecule has 0 bridgehead atoms. The van der Waals surface area contributed by atoms with Gasteiger partial charge in [-0.2, -0.15) is 0 Å². The predicted molar refractivity (Wildman–Crippen MR) is 128 cm³/mol. The van der Waals surface area contributed by atoms with Gasteiger partial charge in [-0.05, 0) is 41.3 Å². The van der Waals surface area contributed by atoms with Gasteiger partial charge in [0.25, 0.3) is 5.56 Å². The van der Waals surface area contributed by atoms with E-state index in [9.17, 15) is 4.79 Å². The molecule has 0 aliphatic heterocycles. The van der Waals surface area contributed by atoms with Gasteiger partial charge in [-0.3, -0.25) is 14.2 Å². The second-order valence-corrected chi connectivity index (χ2v) is 8.07. The van der Waals surface area contributed by atoms with Crippen LogP contribution >= 0.6 is 11.3 Å². The molecular formula is C26H19N3OS. The molecule has 0 amide bonds. The minimum absolute atomic E-state index is 0.0424. The van der Waals surface area contributed by atoms with E-state index in [-0.39, 0.29) is 5.56 Å². The van der Waals surface area contributed by atoms with Gasteiger partial charge in [0.15, 0.2) is 4.96 Å². The summed E-state index contributed by atoms with van der Waals surface area (Å²) in [5, 5.41) is 2.00. The normalized spacial score (nSPS) is 11.4. The van der Waals surface area contributed by atoms with Crippen LogP contribution in [0.25, 0.3) is 39.5 Å². The minimum atomic E-state index is -0.0424. The maximum atomic E-state index is 13.2. The van der Waals surface area contributed by atoms with Crippen LogP contribution in [0.5, 0.6) is 0 Å². The summed E-state index contributed by atoms with van der Waals surface area (Å²) in [5.74, 6) is 0. The van der Waals surface area contributed by atoms with Crippen molar-refractivity contribution in [3.63, 3.8) is 0 Å². The van der Waals surface area contributed by atoms with Gasteiger partial charge in [-0.1, -0.05) is 66.7 Å². The third-order valence-electron chi connectivity index (χ3n) is 5.24. The lowest BCUT2D eigenvalue weighted by molar-refractivity contribution is 1.04. The number of benzene rings is 2. The Kier molecular flexibility index (Phi) is 5.02. The van der Waals surface area contributed by atoms with Crippen molar-refractivity contribution in [1.82, 2.24) is 14.4 Å². The highest BCUT2D eigenvalue weighted by Crippen LogP contribution is 2.27. The summed E-state index contributed by atoms with van der Waals surface area (Å²) in [6.07, 6.45) is 7.31. The van der Waals surface area contributed by atoms with E-state index in [0.717, 1.165) is 22.4 Å². The zero-order chi connectivity index (χ0) is 21.2. The molecule has 0 aliphatic carbocycles. The molecule has 0 atom stereocenters. The lowest BCUT2D eigenvalue weighted by Crippen LogP contribution is -2.18. The van der Waals surface area contributed by atoms with Crippen LogP contribution < -0.4 is 5.56 Å². The first-order valence-corrected chi connectivity index (χ1v) is 10.8. The van der Waals surface area contributed by atoms with Gasteiger partial charge >= 0.3 is 0 Å². The van der Waals surface area contributed by atoms with Gasteiger partial charge in [-0.15, -0.1) is 11.3 Å². The molecular weight excluding hydrogens is 402 g/mol. The highest BCUT2D eigenvalue weighted by molar-refractivity contribution is 7.15. The molecule has 5 rings (SSSR count). The van der Waals surface area contributed by atoms with E-state index in [0.29, 0.717) is 16.2 Å². The molecule has 4 nitrogen and oxygen atoms in total. The molecule has 5 aromatic rings. The smallest absolute Gasteiger partial charge is 0.262 e. The van der Waals surface area contributed by atoms with Crippen molar-refractivity contribution in [3.05, 3.63) is 112 Å². The average molecular weight is 422 g/mol. The number of rotatable bonds is 4. The van der Waals surface area contributed by atoms with Crippen LogP contribution in [0.1, 0.15) is 16.8 Å². The predicted octanol–water partition coefficient (Wildman–Crippen LogP) is 5.96. The topological polar surface area (TPSA) is 47.3 Å². The fourth-order valence-electron chi connectivity index (χ4n) is 3.53. The van der Waals surface area contributed by atoms with Crippen LogP contribution in [0.4, 0.5) is 0 Å². The minimum Gasteiger partial charge on any atom is -0.269 e. The number of aromatic nitrogens is 3. The van der Waals surface area contributed by atoms with Gasteiger partial charge in [0.05, 0.1) is 11.4 Å². The number of nitrogens with zero attached hydrogens (tertiary/aromatic N) is 3. The van der Waals surface area contributed by atoms with Crippen LogP contribution in [-0.4, -0.2) is 14.4 Å². The molecule has 0 unspecified atom stereocenters. The first-order valence-electron chi connectivity index (χ1n) is 9.95. The van der Waals surface area contributed by atoms with Crippen molar-refractivity contribution in [2.45, 2.75) is 6.92 Å². The number of thiazole rings is 1. The van der Waals surface area contributed by atoms with Crippen LogP contribution in [0.3, 0.4) is 0 Å². The van der Waals surface area contributed by atoms with Gasteiger partial charge < -0.3 is 0 Å². The van der Waals surface area contributed by atoms with Gasteiger partial charge in [0.1, 0.15) is 0 Å². The van der Waals surface area contributed by atoms with E-state index in [1.165, 1.54) is 16.9 Å². The zero-order valence-electron chi connectivity index (χ0n) is 16.9. The second-order valence-electron chi connectivity index (χ2n) is 7.23. The van der Waals surface area contributed by atoms with Crippen molar-refractivity contribution in [2.75, 3.05) is 0 Å². The largest absolute Gasteiger partial charge is 0.269 e. The SMILES string of the molecule is Cc1c(/C=C/c2cccnc2)nc2scc(-c3ccc(-c4ccccc4)cc3)n2c1=O. The number of hydrogen-bond donors (Lipinski definition) is 0. The summed E-state index contributed by atoms with van der Waals surface area (Å²) in [5.41, 5.74) is 6.40. The van der Waals surface area contributed by atoms with E-state index in [4.69, 9.17) is 4.98 Å². The van der Waals surface area contributed by atoms with Gasteiger partial charge in [0.2, 0.25) is 0 Å². The van der Waals surface area contributed by atoms with Crippen LogP contribution in [0.2, 0.25) is 0 Å². The summed E-state index contributed by atoms with van der Waals surface area (Å²) >= 11 is 1.47. The van der Waals surface area contributed by atoms with Crippen molar-refractivity contribution in [3.8, 4) is 22.4 Å². The Balaban J connectivity index is 1.53. The lowest BCUT2D eigenvalue weighted by Gasteiger charge is -2.06. The van der Waals surface area contributed by atoms with E-state index >= 15 is 0 Å². The van der Waals surface area contributed by atoms with E-state index < -0.39 is 0 Å². The monoisotopic (exact) mass is 421 g/mol. The Labute approximate surface area is 183 Å². The van der Waals surface area contributed by atoms with E-state index in [1.807, 2.05) is 54.8 Å². The Hall–Kier alpha value is -3.83. The quantitative estimate of drug-likeness (QED) is 0.359. The summed E-state index contributed by atoms with van der Waals surface area (Å²) in [7, 11) is 0. The third kappa shape index (κ3) is 3.71.